The molecule has 0 amide bonds. The Balaban J connectivity index is 2.16. The molecule has 5 heteroatoms. The number of benzene rings is 1. The van der Waals surface area contributed by atoms with E-state index in [-0.39, 0.29) is 0 Å². The Morgan fingerprint density at radius 1 is 1.35 bits per heavy atom. The summed E-state index contributed by atoms with van der Waals surface area (Å²) in [5.41, 5.74) is 1.79. The normalized spacial score (nSPS) is 12.1. The molecule has 0 saturated carbocycles. The van der Waals surface area contributed by atoms with Gasteiger partial charge in [0, 0.05) is 16.9 Å². The third-order valence-electron chi connectivity index (χ3n) is 3.04. The van der Waals surface area contributed by atoms with Crippen LogP contribution in [0.3, 0.4) is 0 Å². The third-order valence-corrected chi connectivity index (χ3v) is 3.88. The topological polar surface area (TPSA) is 50.2 Å². The predicted molar refractivity (Wildman–Crippen MR) is 81.9 cm³/mol. The van der Waals surface area contributed by atoms with Crippen LogP contribution in [0.2, 0.25) is 5.02 Å². The van der Waals surface area contributed by atoms with Crippen LogP contribution in [0.4, 0.5) is 0 Å². The summed E-state index contributed by atoms with van der Waals surface area (Å²) in [6, 6.07) is 9.44. The van der Waals surface area contributed by atoms with Crippen molar-refractivity contribution in [3.8, 4) is 0 Å². The first-order valence-corrected chi connectivity index (χ1v) is 7.29. The van der Waals surface area contributed by atoms with Crippen molar-refractivity contribution in [2.24, 2.45) is 5.92 Å². The van der Waals surface area contributed by atoms with Crippen LogP contribution in [0.25, 0.3) is 0 Å². The number of carboxylic acids is 1. The molecule has 0 saturated heterocycles. The summed E-state index contributed by atoms with van der Waals surface area (Å²) in [5, 5.41) is 9.89. The Morgan fingerprint density at radius 2 is 2.15 bits per heavy atom. The zero-order valence-electron chi connectivity index (χ0n) is 10.6. The van der Waals surface area contributed by atoms with E-state index in [1.54, 1.807) is 12.3 Å². The Bertz CT molecular complexity index is 618. The van der Waals surface area contributed by atoms with Crippen molar-refractivity contribution in [2.45, 2.75) is 12.8 Å². The average Bonchev–Trinajstić information content (AvgIpc) is 2.40. The molecule has 0 radical (unpaired) electrons. The summed E-state index contributed by atoms with van der Waals surface area (Å²) < 4.78 is 0.945. The number of aliphatic carboxylic acids is 1. The van der Waals surface area contributed by atoms with Gasteiger partial charge in [-0.05, 0) is 42.2 Å². The van der Waals surface area contributed by atoms with E-state index in [0.717, 1.165) is 15.6 Å². The number of halogens is 2. The van der Waals surface area contributed by atoms with E-state index in [4.69, 9.17) is 11.6 Å². The van der Waals surface area contributed by atoms with Crippen LogP contribution in [0.1, 0.15) is 11.1 Å². The minimum absolute atomic E-state index is 0.392. The first-order chi connectivity index (χ1) is 9.56. The predicted octanol–water partition coefficient (Wildman–Crippen LogP) is 3.98. The van der Waals surface area contributed by atoms with E-state index in [2.05, 4.69) is 20.9 Å². The van der Waals surface area contributed by atoms with Crippen LogP contribution >= 0.6 is 27.5 Å². The number of hydrogen-bond acceptors (Lipinski definition) is 2. The van der Waals surface area contributed by atoms with Crippen LogP contribution in [0.5, 0.6) is 0 Å². The van der Waals surface area contributed by atoms with Gasteiger partial charge in [0.15, 0.2) is 0 Å². The highest BCUT2D eigenvalue weighted by atomic mass is 79.9. The lowest BCUT2D eigenvalue weighted by Crippen LogP contribution is -2.19. The van der Waals surface area contributed by atoms with Gasteiger partial charge in [0.2, 0.25) is 0 Å². The van der Waals surface area contributed by atoms with Gasteiger partial charge in [0.1, 0.15) is 0 Å². The number of aromatic nitrogens is 1. The quantitative estimate of drug-likeness (QED) is 0.883. The second-order valence-electron chi connectivity index (χ2n) is 4.54. The zero-order valence-corrected chi connectivity index (χ0v) is 12.9. The Labute approximate surface area is 130 Å². The Kier molecular flexibility index (Phi) is 5.15. The van der Waals surface area contributed by atoms with E-state index in [1.807, 2.05) is 24.3 Å². The number of hydrogen-bond donors (Lipinski definition) is 1. The molecule has 20 heavy (non-hydrogen) atoms. The van der Waals surface area contributed by atoms with Crippen molar-refractivity contribution >= 4 is 33.5 Å². The van der Waals surface area contributed by atoms with Gasteiger partial charge in [-0.2, -0.15) is 0 Å². The Morgan fingerprint density at radius 3 is 2.80 bits per heavy atom. The molecule has 1 N–H and O–H groups in total. The first kappa shape index (κ1) is 15.0. The fourth-order valence-corrected chi connectivity index (χ4v) is 2.67. The van der Waals surface area contributed by atoms with Crippen LogP contribution < -0.4 is 0 Å². The highest BCUT2D eigenvalue weighted by Gasteiger charge is 2.20. The highest BCUT2D eigenvalue weighted by Crippen LogP contribution is 2.22. The summed E-state index contributed by atoms with van der Waals surface area (Å²) in [6.07, 6.45) is 4.02. The number of pyridine rings is 1. The molecule has 1 atom stereocenters. The summed E-state index contributed by atoms with van der Waals surface area (Å²) >= 11 is 9.43. The van der Waals surface area contributed by atoms with Gasteiger partial charge in [-0.1, -0.05) is 39.7 Å². The maximum absolute atomic E-state index is 11.4. The standard InChI is InChI=1S/C15H13BrClNO2/c16-13-3-1-2-10(7-13)6-12(15(19)20)8-11-4-5-18-9-14(11)17/h1-5,7,9,12H,6,8H2,(H,19,20). The fourth-order valence-electron chi connectivity index (χ4n) is 2.03. The summed E-state index contributed by atoms with van der Waals surface area (Å²) in [4.78, 5) is 15.3. The number of rotatable bonds is 5. The number of carbonyl (C=O) groups is 1. The smallest absolute Gasteiger partial charge is 0.307 e. The van der Waals surface area contributed by atoms with Gasteiger partial charge in [-0.25, -0.2) is 0 Å². The molecule has 3 nitrogen and oxygen atoms in total. The van der Waals surface area contributed by atoms with Crippen molar-refractivity contribution in [1.29, 1.82) is 0 Å². The van der Waals surface area contributed by atoms with E-state index in [1.165, 1.54) is 6.20 Å². The lowest BCUT2D eigenvalue weighted by atomic mass is 9.93. The minimum atomic E-state index is -0.821. The summed E-state index contributed by atoms with van der Waals surface area (Å²) in [7, 11) is 0. The van der Waals surface area contributed by atoms with Crippen LogP contribution in [0.15, 0.2) is 47.2 Å². The largest absolute Gasteiger partial charge is 0.481 e. The van der Waals surface area contributed by atoms with Gasteiger partial charge in [0.05, 0.1) is 10.9 Å². The van der Waals surface area contributed by atoms with E-state index < -0.39 is 11.9 Å². The highest BCUT2D eigenvalue weighted by molar-refractivity contribution is 9.10. The molecular weight excluding hydrogens is 342 g/mol. The van der Waals surface area contributed by atoms with E-state index >= 15 is 0 Å². The molecule has 2 rings (SSSR count). The van der Waals surface area contributed by atoms with Crippen molar-refractivity contribution in [2.75, 3.05) is 0 Å². The Hall–Kier alpha value is -1.39. The molecule has 0 bridgehead atoms. The third kappa shape index (κ3) is 4.05. The minimum Gasteiger partial charge on any atom is -0.481 e. The molecule has 1 aromatic heterocycles. The van der Waals surface area contributed by atoms with E-state index in [0.29, 0.717) is 17.9 Å². The SMILES string of the molecule is O=C(O)C(Cc1cccc(Br)c1)Cc1ccncc1Cl. The second-order valence-corrected chi connectivity index (χ2v) is 5.86. The molecule has 104 valence electrons. The first-order valence-electron chi connectivity index (χ1n) is 6.12. The lowest BCUT2D eigenvalue weighted by molar-refractivity contribution is -0.141. The maximum Gasteiger partial charge on any atom is 0.307 e. The van der Waals surface area contributed by atoms with Gasteiger partial charge in [-0.15, -0.1) is 0 Å². The summed E-state index contributed by atoms with van der Waals surface area (Å²) in [6.45, 7) is 0. The van der Waals surface area contributed by atoms with Crippen LogP contribution in [-0.2, 0) is 17.6 Å². The molecular formula is C15H13BrClNO2. The average molecular weight is 355 g/mol. The lowest BCUT2D eigenvalue weighted by Gasteiger charge is -2.13. The van der Waals surface area contributed by atoms with Crippen molar-refractivity contribution in [3.05, 3.63) is 63.3 Å². The molecule has 0 aliphatic carbocycles. The van der Waals surface area contributed by atoms with Crippen molar-refractivity contribution < 1.29 is 9.90 Å². The molecule has 1 unspecified atom stereocenters. The molecule has 0 spiro atoms. The van der Waals surface area contributed by atoms with Crippen LogP contribution in [0, 0.1) is 5.92 Å². The number of nitrogens with zero attached hydrogens (tertiary/aromatic N) is 1. The number of carboxylic acid groups (broad SMARTS) is 1. The molecule has 1 heterocycles. The zero-order chi connectivity index (χ0) is 14.5. The molecule has 0 aliphatic rings. The summed E-state index contributed by atoms with van der Waals surface area (Å²) in [5.74, 6) is -1.33. The molecule has 1 aromatic carbocycles. The monoisotopic (exact) mass is 353 g/mol. The fraction of sp³-hybridized carbons (Fsp3) is 0.200. The van der Waals surface area contributed by atoms with Gasteiger partial charge < -0.3 is 5.11 Å². The molecule has 0 fully saturated rings. The second kappa shape index (κ2) is 6.86. The van der Waals surface area contributed by atoms with Gasteiger partial charge in [-0.3, -0.25) is 9.78 Å². The van der Waals surface area contributed by atoms with E-state index in [9.17, 15) is 9.90 Å². The van der Waals surface area contributed by atoms with Crippen molar-refractivity contribution in [3.63, 3.8) is 0 Å². The maximum atomic E-state index is 11.4. The van der Waals surface area contributed by atoms with Crippen LogP contribution in [-0.4, -0.2) is 16.1 Å². The molecule has 2 aromatic rings. The van der Waals surface area contributed by atoms with Gasteiger partial charge in [0.25, 0.3) is 0 Å². The van der Waals surface area contributed by atoms with Gasteiger partial charge >= 0.3 is 5.97 Å². The van der Waals surface area contributed by atoms with Crippen molar-refractivity contribution in [1.82, 2.24) is 4.98 Å². The molecule has 0 aliphatic heterocycles.